The lowest BCUT2D eigenvalue weighted by molar-refractivity contribution is 0.170. The van der Waals surface area contributed by atoms with Crippen LogP contribution in [-0.2, 0) is 14.2 Å². The van der Waals surface area contributed by atoms with Crippen LogP contribution in [0, 0.1) is 0 Å². The van der Waals surface area contributed by atoms with E-state index in [-0.39, 0.29) is 12.0 Å². The Hall–Kier alpha value is -2.67. The molecule has 1 unspecified atom stereocenters. The van der Waals surface area contributed by atoms with Crippen molar-refractivity contribution in [2.24, 2.45) is 4.36 Å². The summed E-state index contributed by atoms with van der Waals surface area (Å²) in [6, 6.07) is 31.3. The quantitative estimate of drug-likeness (QED) is 0.218. The van der Waals surface area contributed by atoms with E-state index in [1.807, 2.05) is 53.9 Å². The van der Waals surface area contributed by atoms with Crippen LogP contribution in [0.15, 0.2) is 105 Å². The molecule has 0 aromatic heterocycles. The van der Waals surface area contributed by atoms with Gasteiger partial charge in [0.05, 0.1) is 27.8 Å². The fraction of sp³-hybridized carbons (Fsp3) is 0.355. The van der Waals surface area contributed by atoms with Gasteiger partial charge < -0.3 is 9.16 Å². The molecule has 0 bridgehead atoms. The molecule has 3 atom stereocenters. The summed E-state index contributed by atoms with van der Waals surface area (Å²) in [5, 5.41) is 1.87. The predicted octanol–water partition coefficient (Wildman–Crippen LogP) is 8.60. The highest BCUT2D eigenvalue weighted by Gasteiger charge is 2.37. The summed E-state index contributed by atoms with van der Waals surface area (Å²) < 4.78 is 31.2. The lowest BCUT2D eigenvalue weighted by Crippen LogP contribution is -2.39. The van der Waals surface area contributed by atoms with Crippen molar-refractivity contribution in [2.45, 2.75) is 62.7 Å². The molecule has 198 valence electrons. The average molecular weight is 536 g/mol. The molecular weight excluding hydrogens is 494 g/mol. The molecule has 0 saturated heterocycles. The van der Waals surface area contributed by atoms with E-state index in [4.69, 9.17) is 9.16 Å². The molecule has 0 N–H and O–H groups in total. The third-order valence-corrected chi connectivity index (χ3v) is 14.2. The second-order valence-corrected chi connectivity index (χ2v) is 16.3. The van der Waals surface area contributed by atoms with Gasteiger partial charge in [0.2, 0.25) is 0 Å². The van der Waals surface area contributed by atoms with Gasteiger partial charge in [0.15, 0.2) is 8.32 Å². The Morgan fingerprint density at radius 3 is 1.89 bits per heavy atom. The number of rotatable bonds is 12. The highest BCUT2D eigenvalue weighted by molar-refractivity contribution is 7.96. The monoisotopic (exact) mass is 535 g/mol. The van der Waals surface area contributed by atoms with Crippen molar-refractivity contribution in [1.82, 2.24) is 0 Å². The molecule has 0 fully saturated rings. The molecule has 0 aliphatic rings. The summed E-state index contributed by atoms with van der Waals surface area (Å²) in [4.78, 5) is 0.713. The van der Waals surface area contributed by atoms with Crippen LogP contribution in [0.1, 0.15) is 50.8 Å². The Morgan fingerprint density at radius 2 is 1.41 bits per heavy atom. The SMILES string of the molecule is CC[Si](CC)(CC)O[C@@H](c1ccc(OC)cc1)[C@@H](/C(C)=C/S(=O)(=NC)c1ccccc1)c1ccccc1. The zero-order valence-corrected chi connectivity index (χ0v) is 24.8. The highest BCUT2D eigenvalue weighted by Crippen LogP contribution is 2.44. The lowest BCUT2D eigenvalue weighted by atomic mass is 9.84. The molecule has 0 saturated carbocycles. The molecule has 0 spiro atoms. The third kappa shape index (κ3) is 6.80. The molecule has 3 rings (SSSR count). The minimum absolute atomic E-state index is 0.127. The van der Waals surface area contributed by atoms with Gasteiger partial charge in [-0.3, -0.25) is 0 Å². The molecule has 4 nitrogen and oxygen atoms in total. The molecule has 0 aliphatic carbocycles. The van der Waals surface area contributed by atoms with Crippen LogP contribution in [0.5, 0.6) is 5.75 Å². The largest absolute Gasteiger partial charge is 0.497 e. The lowest BCUT2D eigenvalue weighted by Gasteiger charge is -2.38. The zero-order chi connectivity index (χ0) is 26.9. The second-order valence-electron chi connectivity index (χ2n) is 9.37. The predicted molar refractivity (Wildman–Crippen MR) is 158 cm³/mol. The molecular formula is C31H41NO3SSi. The van der Waals surface area contributed by atoms with E-state index in [2.05, 4.69) is 68.5 Å². The number of hydrogen-bond acceptors (Lipinski definition) is 4. The van der Waals surface area contributed by atoms with E-state index in [0.29, 0.717) is 4.90 Å². The normalized spacial score (nSPS) is 15.5. The summed E-state index contributed by atoms with van der Waals surface area (Å²) in [6.45, 7) is 8.83. The van der Waals surface area contributed by atoms with E-state index in [0.717, 1.165) is 40.6 Å². The number of methoxy groups -OCH3 is 1. The van der Waals surface area contributed by atoms with E-state index in [9.17, 15) is 4.21 Å². The van der Waals surface area contributed by atoms with Crippen molar-refractivity contribution in [3.63, 3.8) is 0 Å². The Labute approximate surface area is 225 Å². The van der Waals surface area contributed by atoms with Gasteiger partial charge >= 0.3 is 0 Å². The van der Waals surface area contributed by atoms with Gasteiger partial charge in [-0.15, -0.1) is 0 Å². The first kappa shape index (κ1) is 28.9. The summed E-state index contributed by atoms with van der Waals surface area (Å²) >= 11 is 0. The van der Waals surface area contributed by atoms with Crippen LogP contribution in [0.3, 0.4) is 0 Å². The molecule has 3 aromatic carbocycles. The minimum atomic E-state index is -2.75. The topological polar surface area (TPSA) is 47.9 Å². The maximum atomic E-state index is 14.1. The maximum absolute atomic E-state index is 14.1. The summed E-state index contributed by atoms with van der Waals surface area (Å²) in [5.41, 5.74) is 3.21. The van der Waals surface area contributed by atoms with E-state index in [1.54, 1.807) is 14.2 Å². The van der Waals surface area contributed by atoms with Gasteiger partial charge in [-0.1, -0.05) is 87.0 Å². The first-order valence-corrected chi connectivity index (χ1v) is 17.2. The molecule has 0 aliphatic heterocycles. The minimum Gasteiger partial charge on any atom is -0.497 e. The van der Waals surface area contributed by atoms with Gasteiger partial charge in [-0.2, -0.15) is 0 Å². The smallest absolute Gasteiger partial charge is 0.192 e. The van der Waals surface area contributed by atoms with Crippen molar-refractivity contribution in [3.8, 4) is 5.75 Å². The average Bonchev–Trinajstić information content (AvgIpc) is 2.96. The van der Waals surface area contributed by atoms with Crippen LogP contribution in [-0.4, -0.2) is 26.7 Å². The van der Waals surface area contributed by atoms with Gasteiger partial charge in [0.1, 0.15) is 5.75 Å². The van der Waals surface area contributed by atoms with Crippen molar-refractivity contribution < 1.29 is 13.4 Å². The van der Waals surface area contributed by atoms with Crippen LogP contribution < -0.4 is 4.74 Å². The zero-order valence-electron chi connectivity index (χ0n) is 23.0. The van der Waals surface area contributed by atoms with Gasteiger partial charge in [-0.25, -0.2) is 8.57 Å². The standard InChI is InChI=1S/C31H41NO3SSi/c1-7-37(8-2,9-3)35-31(27-20-22-28(34-6)23-21-27)30(26-16-12-10-13-17-26)25(4)24-36(33,32-5)29-18-14-11-15-19-29/h10-24,30-31H,7-9H2,1-6H3/b25-24+/t30-,31-,36?/m0/s1. The first-order valence-electron chi connectivity index (χ1n) is 13.1. The molecule has 0 amide bonds. The third-order valence-electron chi connectivity index (χ3n) is 7.40. The van der Waals surface area contributed by atoms with E-state index >= 15 is 0 Å². The van der Waals surface area contributed by atoms with Crippen LogP contribution in [0.25, 0.3) is 0 Å². The molecule has 37 heavy (non-hydrogen) atoms. The molecule has 0 heterocycles. The first-order chi connectivity index (χ1) is 17.8. The van der Waals surface area contributed by atoms with E-state index < -0.39 is 18.0 Å². The highest BCUT2D eigenvalue weighted by atomic mass is 32.2. The molecule has 3 aromatic rings. The van der Waals surface area contributed by atoms with Crippen LogP contribution in [0.4, 0.5) is 0 Å². The number of nitrogens with zero attached hydrogens (tertiary/aromatic N) is 1. The van der Waals surface area contributed by atoms with Crippen molar-refractivity contribution >= 4 is 18.0 Å². The second kappa shape index (κ2) is 13.2. The van der Waals surface area contributed by atoms with Gasteiger partial charge in [0, 0.05) is 18.4 Å². The molecule has 0 radical (unpaired) electrons. The summed E-state index contributed by atoms with van der Waals surface area (Å²) in [5.74, 6) is 0.685. The Bertz CT molecular complexity index is 1250. The fourth-order valence-corrected chi connectivity index (χ4v) is 9.36. The van der Waals surface area contributed by atoms with Crippen molar-refractivity contribution in [3.05, 3.63) is 107 Å². The molecule has 6 heteroatoms. The van der Waals surface area contributed by atoms with Gasteiger partial charge in [0.25, 0.3) is 0 Å². The summed E-state index contributed by atoms with van der Waals surface area (Å²) in [6.07, 6.45) is -0.229. The van der Waals surface area contributed by atoms with E-state index in [1.165, 1.54) is 0 Å². The van der Waals surface area contributed by atoms with Gasteiger partial charge in [-0.05, 0) is 60.4 Å². The maximum Gasteiger partial charge on any atom is 0.192 e. The number of ether oxygens (including phenoxy) is 1. The summed E-state index contributed by atoms with van der Waals surface area (Å²) in [7, 11) is -1.44. The van der Waals surface area contributed by atoms with Crippen molar-refractivity contribution in [1.29, 1.82) is 0 Å². The fourth-order valence-electron chi connectivity index (χ4n) is 4.90. The Kier molecular flexibility index (Phi) is 10.3. The van der Waals surface area contributed by atoms with Crippen molar-refractivity contribution in [2.75, 3.05) is 14.2 Å². The van der Waals surface area contributed by atoms with Crippen LogP contribution in [0.2, 0.25) is 18.1 Å². The van der Waals surface area contributed by atoms with Crippen LogP contribution >= 0.6 is 0 Å². The Balaban J connectivity index is 2.24. The number of benzene rings is 3. The number of hydrogen-bond donors (Lipinski definition) is 0. The Morgan fingerprint density at radius 1 is 0.865 bits per heavy atom.